The van der Waals surface area contributed by atoms with Gasteiger partial charge in [0.2, 0.25) is 0 Å². The Morgan fingerprint density at radius 1 is 1.20 bits per heavy atom. The number of rotatable bonds is 2. The lowest BCUT2D eigenvalue weighted by molar-refractivity contribution is 0.674. The van der Waals surface area contributed by atoms with Crippen molar-refractivity contribution < 1.29 is 0 Å². The van der Waals surface area contributed by atoms with E-state index in [0.29, 0.717) is 0 Å². The number of hydrogen-bond donors (Lipinski definition) is 0. The minimum atomic E-state index is 0.737. The minimum absolute atomic E-state index is 0.737. The molecule has 0 aromatic heterocycles. The third-order valence-corrected chi connectivity index (χ3v) is 2.17. The summed E-state index contributed by atoms with van der Waals surface area (Å²) in [5.74, 6) is 1.66. The molecule has 1 fully saturated rings. The molecule has 58 valence electrons. The predicted octanol–water partition coefficient (Wildman–Crippen LogP) is 3.39. The smallest absolute Gasteiger partial charge is 0.0233 e. The van der Waals surface area contributed by atoms with Gasteiger partial charge in [-0.25, -0.2) is 0 Å². The lowest BCUT2D eigenvalue weighted by atomic mass is 10.1. The SMILES string of the molecule is CC(C)/C=C\C1CCCC1. The molecule has 1 saturated carbocycles. The van der Waals surface area contributed by atoms with Crippen LogP contribution in [0, 0.1) is 11.8 Å². The van der Waals surface area contributed by atoms with Crippen molar-refractivity contribution in [1.29, 1.82) is 0 Å². The van der Waals surface area contributed by atoms with Crippen molar-refractivity contribution in [3.63, 3.8) is 0 Å². The average Bonchev–Trinajstić information content (AvgIpc) is 2.34. The van der Waals surface area contributed by atoms with Crippen LogP contribution in [-0.2, 0) is 0 Å². The van der Waals surface area contributed by atoms with Crippen molar-refractivity contribution in [2.45, 2.75) is 39.5 Å². The fourth-order valence-electron chi connectivity index (χ4n) is 1.53. The summed E-state index contributed by atoms with van der Waals surface area (Å²) >= 11 is 0. The van der Waals surface area contributed by atoms with Crippen LogP contribution in [0.2, 0.25) is 0 Å². The summed E-state index contributed by atoms with van der Waals surface area (Å²) in [4.78, 5) is 0. The summed E-state index contributed by atoms with van der Waals surface area (Å²) in [7, 11) is 0. The van der Waals surface area contributed by atoms with Gasteiger partial charge in [-0.3, -0.25) is 0 Å². The van der Waals surface area contributed by atoms with E-state index >= 15 is 0 Å². The molecule has 0 nitrogen and oxygen atoms in total. The maximum absolute atomic E-state index is 2.41. The van der Waals surface area contributed by atoms with E-state index < -0.39 is 0 Å². The maximum atomic E-state index is 2.41. The van der Waals surface area contributed by atoms with E-state index in [1.54, 1.807) is 0 Å². The molecular weight excluding hydrogens is 120 g/mol. The molecule has 0 spiro atoms. The monoisotopic (exact) mass is 138 g/mol. The van der Waals surface area contributed by atoms with E-state index in [1.165, 1.54) is 25.7 Å². The summed E-state index contributed by atoms with van der Waals surface area (Å²) in [6, 6.07) is 0. The van der Waals surface area contributed by atoms with E-state index in [1.807, 2.05) is 0 Å². The first kappa shape index (κ1) is 7.84. The zero-order valence-electron chi connectivity index (χ0n) is 7.14. The van der Waals surface area contributed by atoms with Crippen LogP contribution in [0.3, 0.4) is 0 Å². The Morgan fingerprint density at radius 2 is 1.80 bits per heavy atom. The molecule has 0 heteroatoms. The van der Waals surface area contributed by atoms with Gasteiger partial charge in [0.15, 0.2) is 0 Å². The van der Waals surface area contributed by atoms with Crippen LogP contribution < -0.4 is 0 Å². The van der Waals surface area contributed by atoms with E-state index in [-0.39, 0.29) is 0 Å². The largest absolute Gasteiger partial charge is 0.0857 e. The fourth-order valence-corrected chi connectivity index (χ4v) is 1.53. The van der Waals surface area contributed by atoms with Gasteiger partial charge in [-0.05, 0) is 24.7 Å². The van der Waals surface area contributed by atoms with Gasteiger partial charge in [0.1, 0.15) is 0 Å². The second-order valence-electron chi connectivity index (χ2n) is 3.67. The summed E-state index contributed by atoms with van der Waals surface area (Å²) < 4.78 is 0. The molecule has 0 radical (unpaired) electrons. The second-order valence-corrected chi connectivity index (χ2v) is 3.67. The Hall–Kier alpha value is -0.260. The van der Waals surface area contributed by atoms with Crippen molar-refractivity contribution >= 4 is 0 Å². The van der Waals surface area contributed by atoms with E-state index in [0.717, 1.165) is 11.8 Å². The third kappa shape index (κ3) is 2.55. The molecule has 1 rings (SSSR count). The van der Waals surface area contributed by atoms with Crippen LogP contribution >= 0.6 is 0 Å². The lowest BCUT2D eigenvalue weighted by Gasteiger charge is -2.00. The molecule has 0 heterocycles. The van der Waals surface area contributed by atoms with Crippen LogP contribution in [0.15, 0.2) is 12.2 Å². The van der Waals surface area contributed by atoms with Crippen molar-refractivity contribution in [2.24, 2.45) is 11.8 Å². The van der Waals surface area contributed by atoms with Crippen molar-refractivity contribution in [1.82, 2.24) is 0 Å². The first-order chi connectivity index (χ1) is 4.79. The van der Waals surface area contributed by atoms with Crippen molar-refractivity contribution in [2.75, 3.05) is 0 Å². The van der Waals surface area contributed by atoms with Gasteiger partial charge in [0, 0.05) is 0 Å². The highest BCUT2D eigenvalue weighted by molar-refractivity contribution is 4.92. The van der Waals surface area contributed by atoms with Crippen LogP contribution in [0.1, 0.15) is 39.5 Å². The zero-order valence-corrected chi connectivity index (χ0v) is 7.14. The maximum Gasteiger partial charge on any atom is -0.0233 e. The quantitative estimate of drug-likeness (QED) is 0.513. The van der Waals surface area contributed by atoms with Crippen LogP contribution in [0.5, 0.6) is 0 Å². The standard InChI is InChI=1S/C10H18/c1-9(2)7-8-10-5-3-4-6-10/h7-10H,3-6H2,1-2H3/b8-7-. The lowest BCUT2D eigenvalue weighted by Crippen LogP contribution is -1.87. The van der Waals surface area contributed by atoms with Crippen molar-refractivity contribution in [3.05, 3.63) is 12.2 Å². The van der Waals surface area contributed by atoms with Crippen LogP contribution in [-0.4, -0.2) is 0 Å². The molecule has 0 aromatic carbocycles. The molecule has 1 aliphatic rings. The highest BCUT2D eigenvalue weighted by Gasteiger charge is 2.10. The molecule has 0 aliphatic heterocycles. The zero-order chi connectivity index (χ0) is 7.40. The Kier molecular flexibility index (Phi) is 2.98. The van der Waals surface area contributed by atoms with Gasteiger partial charge >= 0.3 is 0 Å². The van der Waals surface area contributed by atoms with Crippen LogP contribution in [0.25, 0.3) is 0 Å². The molecule has 0 bridgehead atoms. The van der Waals surface area contributed by atoms with Gasteiger partial charge in [-0.15, -0.1) is 0 Å². The van der Waals surface area contributed by atoms with Crippen molar-refractivity contribution in [3.8, 4) is 0 Å². The molecule has 1 aliphatic carbocycles. The normalized spacial score (nSPS) is 21.5. The Balaban J connectivity index is 2.23. The number of hydrogen-bond acceptors (Lipinski definition) is 0. The summed E-state index contributed by atoms with van der Waals surface area (Å²) in [5.41, 5.74) is 0. The van der Waals surface area contributed by atoms with E-state index in [9.17, 15) is 0 Å². The molecule has 10 heavy (non-hydrogen) atoms. The third-order valence-electron chi connectivity index (χ3n) is 2.17. The molecule has 0 aromatic rings. The topological polar surface area (TPSA) is 0 Å². The van der Waals surface area contributed by atoms with Crippen LogP contribution in [0.4, 0.5) is 0 Å². The van der Waals surface area contributed by atoms with Gasteiger partial charge in [-0.2, -0.15) is 0 Å². The molecular formula is C10H18. The van der Waals surface area contributed by atoms with Gasteiger partial charge in [-0.1, -0.05) is 38.8 Å². The minimum Gasteiger partial charge on any atom is -0.0857 e. The highest BCUT2D eigenvalue weighted by atomic mass is 14.2. The average molecular weight is 138 g/mol. The van der Waals surface area contributed by atoms with E-state index in [4.69, 9.17) is 0 Å². The Labute approximate surface area is 64.3 Å². The first-order valence-corrected chi connectivity index (χ1v) is 4.47. The highest BCUT2D eigenvalue weighted by Crippen LogP contribution is 2.25. The first-order valence-electron chi connectivity index (χ1n) is 4.47. The summed E-state index contributed by atoms with van der Waals surface area (Å²) in [6.07, 6.45) is 10.5. The van der Waals surface area contributed by atoms with Gasteiger partial charge in [0.25, 0.3) is 0 Å². The van der Waals surface area contributed by atoms with E-state index in [2.05, 4.69) is 26.0 Å². The molecule has 0 amide bonds. The molecule has 0 unspecified atom stereocenters. The fraction of sp³-hybridized carbons (Fsp3) is 0.800. The summed E-state index contributed by atoms with van der Waals surface area (Å²) in [6.45, 7) is 4.48. The molecule has 0 N–H and O–H groups in total. The Morgan fingerprint density at radius 3 is 2.30 bits per heavy atom. The van der Waals surface area contributed by atoms with Gasteiger partial charge in [0.05, 0.1) is 0 Å². The molecule has 0 saturated heterocycles. The van der Waals surface area contributed by atoms with Gasteiger partial charge < -0.3 is 0 Å². The Bertz CT molecular complexity index is 105. The molecule has 0 atom stereocenters. The second kappa shape index (κ2) is 3.80. The summed E-state index contributed by atoms with van der Waals surface area (Å²) in [5, 5.41) is 0. The number of allylic oxidation sites excluding steroid dienone is 2. The predicted molar refractivity (Wildman–Crippen MR) is 45.9 cm³/mol.